The zero-order chi connectivity index (χ0) is 25.6. The smallest absolute Gasteiger partial charge is 0.321 e. The summed E-state index contributed by atoms with van der Waals surface area (Å²) in [4.78, 5) is 22.0. The molecule has 0 saturated heterocycles. The molecule has 0 aliphatic heterocycles. The lowest BCUT2D eigenvalue weighted by atomic mass is 9.99. The zero-order valence-corrected chi connectivity index (χ0v) is 20.3. The molecule has 4 aromatic rings. The minimum atomic E-state index is -3.94. The van der Waals surface area contributed by atoms with Gasteiger partial charge in [0.15, 0.2) is 0 Å². The van der Waals surface area contributed by atoms with Gasteiger partial charge in [-0.15, -0.1) is 0 Å². The highest BCUT2D eigenvalue weighted by molar-refractivity contribution is 7.89. The van der Waals surface area contributed by atoms with Crippen LogP contribution in [0.1, 0.15) is 17.3 Å². The van der Waals surface area contributed by atoms with E-state index in [1.165, 1.54) is 13.0 Å². The van der Waals surface area contributed by atoms with Crippen LogP contribution in [0, 0.1) is 0 Å². The first-order chi connectivity index (χ1) is 16.6. The van der Waals surface area contributed by atoms with Crippen molar-refractivity contribution in [1.29, 1.82) is 0 Å². The number of hydrogen-bond donors (Lipinski definition) is 3. The van der Waals surface area contributed by atoms with Crippen LogP contribution in [0.4, 0.5) is 0 Å². The van der Waals surface area contributed by atoms with Crippen molar-refractivity contribution in [1.82, 2.24) is 4.72 Å². The van der Waals surface area contributed by atoms with E-state index in [9.17, 15) is 18.0 Å². The van der Waals surface area contributed by atoms with Crippen LogP contribution in [0.25, 0.3) is 21.9 Å². The molecule has 7 nitrogen and oxygen atoms in total. The lowest BCUT2D eigenvalue weighted by molar-refractivity contribution is -0.138. The number of sulfonamides is 1. The quantitative estimate of drug-likeness (QED) is 0.346. The summed E-state index contributed by atoms with van der Waals surface area (Å²) in [5.74, 6) is -1.64. The van der Waals surface area contributed by atoms with E-state index in [1.54, 1.807) is 36.4 Å². The maximum atomic E-state index is 12.3. The van der Waals surface area contributed by atoms with Crippen LogP contribution in [0.2, 0.25) is 5.02 Å². The molecule has 0 radical (unpaired) electrons. The summed E-state index contributed by atoms with van der Waals surface area (Å²) >= 11 is 6.03. The van der Waals surface area contributed by atoms with E-state index in [4.69, 9.17) is 22.4 Å². The van der Waals surface area contributed by atoms with Gasteiger partial charge in [-0.1, -0.05) is 84.4 Å². The Morgan fingerprint density at radius 1 is 0.857 bits per heavy atom. The van der Waals surface area contributed by atoms with Gasteiger partial charge in [-0.05, 0) is 36.2 Å². The van der Waals surface area contributed by atoms with Gasteiger partial charge in [0, 0.05) is 21.4 Å². The molecule has 180 valence electrons. The van der Waals surface area contributed by atoms with E-state index in [0.29, 0.717) is 21.4 Å². The van der Waals surface area contributed by atoms with E-state index in [1.807, 2.05) is 48.5 Å². The fourth-order valence-corrected chi connectivity index (χ4v) is 5.05. The Hall–Kier alpha value is -3.72. The summed E-state index contributed by atoms with van der Waals surface area (Å²) in [5.41, 5.74) is 7.76. The summed E-state index contributed by atoms with van der Waals surface area (Å²) in [6.45, 7) is 1.26. The van der Waals surface area contributed by atoms with E-state index in [0.717, 1.165) is 11.1 Å². The standard InChI is InChI=1S/C13H12ClNO4S.C13H11NO/c1-8(13(16)17)15-20(18,19)12-7-3-4-9-10(12)5-2-6-11(9)14;14-13(15)12-9-5-4-8-11(12)10-6-2-1-3-7-10/h2-8,15H,1H3,(H,16,17);1-9H,(H2,14,15)/t8-;/m0./s1. The van der Waals surface area contributed by atoms with Crippen molar-refractivity contribution >= 4 is 44.3 Å². The van der Waals surface area contributed by atoms with Crippen LogP contribution in [0.3, 0.4) is 0 Å². The van der Waals surface area contributed by atoms with Crippen molar-refractivity contribution < 1.29 is 23.1 Å². The van der Waals surface area contributed by atoms with Gasteiger partial charge in [-0.25, -0.2) is 8.42 Å². The second kappa shape index (κ2) is 11.1. The Bertz CT molecular complexity index is 1470. The number of carboxylic acids is 1. The maximum absolute atomic E-state index is 12.3. The molecule has 0 saturated carbocycles. The number of aliphatic carboxylic acids is 1. The molecule has 1 atom stereocenters. The number of nitrogens with two attached hydrogens (primary N) is 1. The molecule has 0 aliphatic rings. The lowest BCUT2D eigenvalue weighted by Gasteiger charge is -2.12. The van der Waals surface area contributed by atoms with Crippen LogP contribution < -0.4 is 10.5 Å². The second-order valence-corrected chi connectivity index (χ2v) is 9.64. The van der Waals surface area contributed by atoms with Crippen molar-refractivity contribution in [2.24, 2.45) is 5.73 Å². The summed E-state index contributed by atoms with van der Waals surface area (Å²) in [6, 6.07) is 25.5. The second-order valence-electron chi connectivity index (χ2n) is 7.55. The molecule has 0 aromatic heterocycles. The molecule has 4 rings (SSSR count). The third kappa shape index (κ3) is 6.24. The first-order valence-electron chi connectivity index (χ1n) is 10.5. The molecule has 1 amide bonds. The Labute approximate surface area is 208 Å². The number of benzene rings is 4. The van der Waals surface area contributed by atoms with Gasteiger partial charge in [-0.3, -0.25) is 9.59 Å². The van der Waals surface area contributed by atoms with E-state index < -0.39 is 27.9 Å². The number of primary amides is 1. The van der Waals surface area contributed by atoms with Crippen LogP contribution in [-0.2, 0) is 14.8 Å². The van der Waals surface area contributed by atoms with E-state index in [-0.39, 0.29) is 4.90 Å². The molecule has 0 spiro atoms. The van der Waals surface area contributed by atoms with Gasteiger partial charge in [0.2, 0.25) is 15.9 Å². The Balaban J connectivity index is 0.000000203. The van der Waals surface area contributed by atoms with Gasteiger partial charge >= 0.3 is 5.97 Å². The van der Waals surface area contributed by atoms with Crippen LogP contribution in [0.15, 0.2) is 95.9 Å². The number of hydrogen-bond acceptors (Lipinski definition) is 4. The monoisotopic (exact) mass is 510 g/mol. The molecule has 0 aliphatic carbocycles. The highest BCUT2D eigenvalue weighted by atomic mass is 35.5. The van der Waals surface area contributed by atoms with Gasteiger partial charge in [0.05, 0.1) is 4.90 Å². The molecular weight excluding hydrogens is 488 g/mol. The minimum Gasteiger partial charge on any atom is -0.480 e. The number of amides is 1. The van der Waals surface area contributed by atoms with Crippen LogP contribution in [0.5, 0.6) is 0 Å². The fraction of sp³-hybridized carbons (Fsp3) is 0.0769. The Kier molecular flexibility index (Phi) is 8.24. The molecule has 0 unspecified atom stereocenters. The summed E-state index contributed by atoms with van der Waals surface area (Å²) < 4.78 is 26.6. The molecule has 35 heavy (non-hydrogen) atoms. The number of carbonyl (C=O) groups is 2. The van der Waals surface area contributed by atoms with E-state index in [2.05, 4.69) is 4.72 Å². The first kappa shape index (κ1) is 25.9. The fourth-order valence-electron chi connectivity index (χ4n) is 3.39. The maximum Gasteiger partial charge on any atom is 0.321 e. The molecule has 0 heterocycles. The topological polar surface area (TPSA) is 127 Å². The number of carboxylic acid groups (broad SMARTS) is 1. The van der Waals surface area contributed by atoms with Gasteiger partial charge < -0.3 is 10.8 Å². The number of halogens is 1. The van der Waals surface area contributed by atoms with Gasteiger partial charge in [-0.2, -0.15) is 4.72 Å². The molecule has 4 aromatic carbocycles. The van der Waals surface area contributed by atoms with Crippen LogP contribution in [-0.4, -0.2) is 31.4 Å². The number of nitrogens with one attached hydrogen (secondary N) is 1. The molecule has 9 heteroatoms. The third-order valence-electron chi connectivity index (χ3n) is 5.10. The average molecular weight is 511 g/mol. The van der Waals surface area contributed by atoms with Crippen molar-refractivity contribution in [3.8, 4) is 11.1 Å². The van der Waals surface area contributed by atoms with Crippen molar-refractivity contribution in [3.05, 3.63) is 102 Å². The predicted molar refractivity (Wildman–Crippen MR) is 137 cm³/mol. The molecule has 4 N–H and O–H groups in total. The normalized spacial score (nSPS) is 11.8. The molecular formula is C26H23ClN2O5S. The number of carbonyl (C=O) groups excluding carboxylic acids is 1. The predicted octanol–water partition coefficient (Wildman–Crippen LogP) is 4.70. The number of fused-ring (bicyclic) bond motifs is 1. The van der Waals surface area contributed by atoms with E-state index >= 15 is 0 Å². The highest BCUT2D eigenvalue weighted by Gasteiger charge is 2.23. The Morgan fingerprint density at radius 2 is 1.46 bits per heavy atom. The molecule has 0 bridgehead atoms. The largest absolute Gasteiger partial charge is 0.480 e. The lowest BCUT2D eigenvalue weighted by Crippen LogP contribution is -2.38. The number of rotatable bonds is 6. The average Bonchev–Trinajstić information content (AvgIpc) is 2.84. The third-order valence-corrected chi connectivity index (χ3v) is 7.03. The van der Waals surface area contributed by atoms with Gasteiger partial charge in [0.1, 0.15) is 6.04 Å². The van der Waals surface area contributed by atoms with Crippen molar-refractivity contribution in [2.75, 3.05) is 0 Å². The zero-order valence-electron chi connectivity index (χ0n) is 18.7. The highest BCUT2D eigenvalue weighted by Crippen LogP contribution is 2.28. The Morgan fingerprint density at radius 3 is 2.11 bits per heavy atom. The van der Waals surface area contributed by atoms with Gasteiger partial charge in [0.25, 0.3) is 0 Å². The minimum absolute atomic E-state index is 0.00519. The summed E-state index contributed by atoms with van der Waals surface area (Å²) in [5, 5.41) is 10.3. The molecule has 0 fully saturated rings. The van der Waals surface area contributed by atoms with Crippen LogP contribution >= 0.6 is 11.6 Å². The SMILES string of the molecule is C[C@H](NS(=O)(=O)c1cccc2c(Cl)cccc12)C(=O)O.NC(=O)c1ccccc1-c1ccccc1. The first-order valence-corrected chi connectivity index (χ1v) is 12.3. The summed E-state index contributed by atoms with van der Waals surface area (Å²) in [6.07, 6.45) is 0. The van der Waals surface area contributed by atoms with Crippen molar-refractivity contribution in [2.45, 2.75) is 17.9 Å². The van der Waals surface area contributed by atoms with Crippen molar-refractivity contribution in [3.63, 3.8) is 0 Å². The summed E-state index contributed by atoms with van der Waals surface area (Å²) in [7, 11) is -3.94.